The molecule has 24 heavy (non-hydrogen) atoms. The maximum absolute atomic E-state index is 12.5. The molecule has 0 bridgehead atoms. The maximum atomic E-state index is 12.5. The molecule has 0 atom stereocenters. The molecule has 2 heterocycles. The van der Waals surface area contributed by atoms with E-state index >= 15 is 0 Å². The summed E-state index contributed by atoms with van der Waals surface area (Å²) in [6.45, 7) is 0. The Morgan fingerprint density at radius 3 is 1.50 bits per heavy atom. The van der Waals surface area contributed by atoms with Gasteiger partial charge in [0.1, 0.15) is 11.6 Å². The van der Waals surface area contributed by atoms with Crippen LogP contribution >= 0.6 is 0 Å². The van der Waals surface area contributed by atoms with E-state index in [0.29, 0.717) is 24.3 Å². The Bertz CT molecular complexity index is 682. The number of anilines is 2. The molecule has 5 nitrogen and oxygen atoms in total. The van der Waals surface area contributed by atoms with Gasteiger partial charge in [-0.1, -0.05) is 0 Å². The average Bonchev–Trinajstić information content (AvgIpc) is 2.46. The summed E-state index contributed by atoms with van der Waals surface area (Å²) in [5.41, 5.74) is -2.07. The van der Waals surface area contributed by atoms with Gasteiger partial charge in [-0.25, -0.2) is 14.8 Å². The zero-order valence-corrected chi connectivity index (χ0v) is 11.5. The summed E-state index contributed by atoms with van der Waals surface area (Å²) in [6.07, 6.45) is -7.58. The third-order valence-corrected chi connectivity index (χ3v) is 2.66. The summed E-state index contributed by atoms with van der Waals surface area (Å²) in [5, 5.41) is 3.96. The van der Waals surface area contributed by atoms with Gasteiger partial charge in [0.05, 0.1) is 11.1 Å². The highest BCUT2D eigenvalue weighted by atomic mass is 19.4. The van der Waals surface area contributed by atoms with Crippen LogP contribution in [0.4, 0.5) is 42.8 Å². The number of hydrogen-bond acceptors (Lipinski definition) is 3. The predicted octanol–water partition coefficient (Wildman–Crippen LogP) is 4.16. The van der Waals surface area contributed by atoms with Gasteiger partial charge in [0.2, 0.25) is 0 Å². The van der Waals surface area contributed by atoms with Gasteiger partial charge in [-0.2, -0.15) is 26.3 Å². The highest BCUT2D eigenvalue weighted by Crippen LogP contribution is 2.31. The summed E-state index contributed by atoms with van der Waals surface area (Å²) < 4.78 is 75.2. The first kappa shape index (κ1) is 17.5. The van der Waals surface area contributed by atoms with Crippen LogP contribution in [0.25, 0.3) is 0 Å². The average molecular weight is 350 g/mol. The first-order chi connectivity index (χ1) is 11.1. The minimum Gasteiger partial charge on any atom is -0.292 e. The first-order valence-corrected chi connectivity index (χ1v) is 6.20. The van der Waals surface area contributed by atoms with Gasteiger partial charge in [-0.3, -0.25) is 10.6 Å². The van der Waals surface area contributed by atoms with Gasteiger partial charge >= 0.3 is 18.4 Å². The van der Waals surface area contributed by atoms with Crippen molar-refractivity contribution in [2.24, 2.45) is 0 Å². The molecule has 0 aliphatic rings. The SMILES string of the molecule is O=C(Nc1cc(C(F)(F)F)ccn1)Nc1cc(C(F)(F)F)ccn1. The predicted molar refractivity (Wildman–Crippen MR) is 71.1 cm³/mol. The maximum Gasteiger partial charge on any atom is 0.416 e. The molecule has 2 aromatic heterocycles. The van der Waals surface area contributed by atoms with Gasteiger partial charge < -0.3 is 0 Å². The van der Waals surface area contributed by atoms with Crippen LogP contribution in [0.2, 0.25) is 0 Å². The molecule has 128 valence electrons. The molecule has 0 aliphatic heterocycles. The molecule has 0 saturated heterocycles. The van der Waals surface area contributed by atoms with E-state index in [1.165, 1.54) is 0 Å². The molecule has 0 fully saturated rings. The minimum absolute atomic E-state index is 0.422. The van der Waals surface area contributed by atoms with E-state index in [4.69, 9.17) is 0 Å². The van der Waals surface area contributed by atoms with Gasteiger partial charge in [-0.05, 0) is 24.3 Å². The molecule has 0 radical (unpaired) electrons. The Hall–Kier alpha value is -2.85. The fraction of sp³-hybridized carbons (Fsp3) is 0.154. The zero-order valence-electron chi connectivity index (χ0n) is 11.5. The van der Waals surface area contributed by atoms with Crippen molar-refractivity contribution in [2.45, 2.75) is 12.4 Å². The summed E-state index contributed by atoms with van der Waals surface area (Å²) in [4.78, 5) is 18.7. The van der Waals surface area contributed by atoms with Gasteiger partial charge in [0.25, 0.3) is 0 Å². The van der Waals surface area contributed by atoms with Crippen LogP contribution in [0.5, 0.6) is 0 Å². The lowest BCUT2D eigenvalue weighted by molar-refractivity contribution is -0.138. The molecular formula is C13H8F6N4O. The van der Waals surface area contributed by atoms with Crippen molar-refractivity contribution >= 4 is 17.7 Å². The van der Waals surface area contributed by atoms with E-state index < -0.39 is 41.1 Å². The number of rotatable bonds is 2. The molecule has 0 unspecified atom stereocenters. The second-order valence-electron chi connectivity index (χ2n) is 4.43. The lowest BCUT2D eigenvalue weighted by atomic mass is 10.2. The van der Waals surface area contributed by atoms with Crippen LogP contribution in [-0.4, -0.2) is 16.0 Å². The van der Waals surface area contributed by atoms with E-state index in [1.54, 1.807) is 0 Å². The number of carbonyl (C=O) groups is 1. The molecule has 2 amide bonds. The lowest BCUT2D eigenvalue weighted by Crippen LogP contribution is -2.21. The number of halogens is 6. The smallest absolute Gasteiger partial charge is 0.292 e. The second kappa shape index (κ2) is 6.34. The van der Waals surface area contributed by atoms with Gasteiger partial charge in [-0.15, -0.1) is 0 Å². The number of aromatic nitrogens is 2. The summed E-state index contributed by atoms with van der Waals surface area (Å²) in [5.74, 6) is -0.844. The van der Waals surface area contributed by atoms with Crippen LogP contribution in [0.15, 0.2) is 36.7 Å². The second-order valence-corrected chi connectivity index (χ2v) is 4.43. The van der Waals surface area contributed by atoms with Crippen LogP contribution in [0.3, 0.4) is 0 Å². The fourth-order valence-corrected chi connectivity index (χ4v) is 1.61. The van der Waals surface area contributed by atoms with E-state index in [-0.39, 0.29) is 0 Å². The van der Waals surface area contributed by atoms with Crippen LogP contribution < -0.4 is 10.6 Å². The Morgan fingerprint density at radius 1 is 0.792 bits per heavy atom. The molecule has 0 spiro atoms. The number of amides is 2. The Morgan fingerprint density at radius 2 is 1.17 bits per heavy atom. The Kier molecular flexibility index (Phi) is 4.62. The van der Waals surface area contributed by atoms with Crippen LogP contribution in [0.1, 0.15) is 11.1 Å². The van der Waals surface area contributed by atoms with Crippen molar-refractivity contribution in [1.82, 2.24) is 9.97 Å². The Balaban J connectivity index is 2.09. The molecule has 2 rings (SSSR count). The highest BCUT2D eigenvalue weighted by Gasteiger charge is 2.31. The fourth-order valence-electron chi connectivity index (χ4n) is 1.61. The Labute approximate surface area is 130 Å². The zero-order chi connectivity index (χ0) is 18.0. The number of alkyl halides is 6. The van der Waals surface area contributed by atoms with E-state index in [9.17, 15) is 31.1 Å². The monoisotopic (exact) mass is 350 g/mol. The van der Waals surface area contributed by atoms with Crippen molar-refractivity contribution < 1.29 is 31.1 Å². The third kappa shape index (κ3) is 4.57. The number of nitrogens with one attached hydrogen (secondary N) is 2. The number of pyridine rings is 2. The molecule has 0 aromatic carbocycles. The third-order valence-electron chi connectivity index (χ3n) is 2.66. The van der Waals surface area contributed by atoms with E-state index in [2.05, 4.69) is 9.97 Å². The van der Waals surface area contributed by atoms with Crippen molar-refractivity contribution in [3.8, 4) is 0 Å². The molecule has 0 aliphatic carbocycles. The molecule has 2 N–H and O–H groups in total. The van der Waals surface area contributed by atoms with Crippen LogP contribution in [-0.2, 0) is 12.4 Å². The van der Waals surface area contributed by atoms with Crippen molar-refractivity contribution in [1.29, 1.82) is 0 Å². The lowest BCUT2D eigenvalue weighted by Gasteiger charge is -2.11. The van der Waals surface area contributed by atoms with Crippen molar-refractivity contribution in [2.75, 3.05) is 10.6 Å². The van der Waals surface area contributed by atoms with E-state index in [1.807, 2.05) is 10.6 Å². The number of nitrogens with zero attached hydrogens (tertiary/aromatic N) is 2. The molecular weight excluding hydrogens is 342 g/mol. The molecule has 2 aromatic rings. The summed E-state index contributed by atoms with van der Waals surface area (Å²) >= 11 is 0. The van der Waals surface area contributed by atoms with Gasteiger partial charge in [0.15, 0.2) is 0 Å². The quantitative estimate of drug-likeness (QED) is 0.800. The van der Waals surface area contributed by atoms with Crippen LogP contribution in [0, 0.1) is 0 Å². The highest BCUT2D eigenvalue weighted by molar-refractivity contribution is 5.98. The van der Waals surface area contributed by atoms with Crippen molar-refractivity contribution in [3.63, 3.8) is 0 Å². The van der Waals surface area contributed by atoms with E-state index in [0.717, 1.165) is 12.4 Å². The standard InChI is InChI=1S/C13H8F6N4O/c14-12(15,16)7-1-3-20-9(5-7)22-11(24)23-10-6-8(2-4-21-10)13(17,18)19/h1-6H,(H2,20,21,22,23,24). The largest absolute Gasteiger partial charge is 0.416 e. The topological polar surface area (TPSA) is 66.9 Å². The first-order valence-electron chi connectivity index (χ1n) is 6.20. The molecule has 0 saturated carbocycles. The normalized spacial score (nSPS) is 11.9. The van der Waals surface area contributed by atoms with Gasteiger partial charge in [0, 0.05) is 12.4 Å². The number of urea groups is 1. The number of carbonyl (C=O) groups excluding carboxylic acids is 1. The summed E-state index contributed by atoms with van der Waals surface area (Å²) in [6, 6.07) is 1.49. The van der Waals surface area contributed by atoms with Crippen molar-refractivity contribution in [3.05, 3.63) is 47.8 Å². The minimum atomic E-state index is -4.63. The molecule has 11 heteroatoms. The number of hydrogen-bond donors (Lipinski definition) is 2. The summed E-state index contributed by atoms with van der Waals surface area (Å²) in [7, 11) is 0.